The van der Waals surface area contributed by atoms with E-state index in [1.54, 1.807) is 6.92 Å². The largest absolute Gasteiger partial charge is 0.376 e. The van der Waals surface area contributed by atoms with Crippen LogP contribution in [0.25, 0.3) is 0 Å². The minimum absolute atomic E-state index is 0.0522. The Morgan fingerprint density at radius 3 is 3.00 bits per heavy atom. The van der Waals surface area contributed by atoms with Crippen molar-refractivity contribution < 1.29 is 13.2 Å². The molecule has 0 spiro atoms. The van der Waals surface area contributed by atoms with E-state index in [2.05, 4.69) is 10.0 Å². The van der Waals surface area contributed by atoms with Crippen molar-refractivity contribution >= 4 is 10.0 Å². The first kappa shape index (κ1) is 12.3. The van der Waals surface area contributed by atoms with Crippen molar-refractivity contribution in [2.75, 3.05) is 25.4 Å². The summed E-state index contributed by atoms with van der Waals surface area (Å²) in [6.07, 6.45) is 2.26. The van der Waals surface area contributed by atoms with Gasteiger partial charge in [0.2, 0.25) is 10.0 Å². The van der Waals surface area contributed by atoms with Crippen molar-refractivity contribution in [3.05, 3.63) is 0 Å². The highest BCUT2D eigenvalue weighted by Gasteiger charge is 2.37. The van der Waals surface area contributed by atoms with E-state index in [-0.39, 0.29) is 17.9 Å². The molecule has 0 radical (unpaired) electrons. The van der Waals surface area contributed by atoms with E-state index in [9.17, 15) is 8.42 Å². The van der Waals surface area contributed by atoms with Gasteiger partial charge in [0.1, 0.15) is 0 Å². The SMILES string of the molecule is CCS(=O)(=O)N[C@@H]1CNC[C@@H]2CCCO[C@@H]21. The van der Waals surface area contributed by atoms with Gasteiger partial charge in [-0.1, -0.05) is 0 Å². The Morgan fingerprint density at radius 2 is 2.25 bits per heavy atom. The summed E-state index contributed by atoms with van der Waals surface area (Å²) in [6.45, 7) is 4.01. The molecule has 2 saturated heterocycles. The van der Waals surface area contributed by atoms with Crippen molar-refractivity contribution in [2.24, 2.45) is 5.92 Å². The third kappa shape index (κ3) is 2.74. The van der Waals surface area contributed by atoms with Crippen molar-refractivity contribution in [1.29, 1.82) is 0 Å². The maximum absolute atomic E-state index is 11.5. The highest BCUT2D eigenvalue weighted by atomic mass is 32.2. The van der Waals surface area contributed by atoms with Gasteiger partial charge in [0.05, 0.1) is 17.9 Å². The summed E-state index contributed by atoms with van der Waals surface area (Å²) in [5, 5.41) is 3.27. The summed E-state index contributed by atoms with van der Waals surface area (Å²) in [6, 6.07) is -0.107. The number of ether oxygens (including phenoxy) is 1. The number of nitrogens with one attached hydrogen (secondary N) is 2. The van der Waals surface area contributed by atoms with Gasteiger partial charge in [0.25, 0.3) is 0 Å². The highest BCUT2D eigenvalue weighted by Crippen LogP contribution is 2.25. The zero-order chi connectivity index (χ0) is 11.6. The molecule has 2 rings (SSSR count). The maximum atomic E-state index is 11.5. The van der Waals surface area contributed by atoms with Crippen LogP contribution in [-0.4, -0.2) is 46.0 Å². The lowest BCUT2D eigenvalue weighted by molar-refractivity contribution is -0.0546. The van der Waals surface area contributed by atoms with Crippen LogP contribution < -0.4 is 10.0 Å². The smallest absolute Gasteiger partial charge is 0.211 e. The minimum Gasteiger partial charge on any atom is -0.376 e. The number of hydrogen-bond acceptors (Lipinski definition) is 4. The molecule has 16 heavy (non-hydrogen) atoms. The fourth-order valence-electron chi connectivity index (χ4n) is 2.49. The van der Waals surface area contributed by atoms with Crippen LogP contribution in [0.5, 0.6) is 0 Å². The zero-order valence-electron chi connectivity index (χ0n) is 9.61. The predicted octanol–water partition coefficient (Wildman–Crippen LogP) is -0.307. The molecular formula is C10H20N2O3S. The van der Waals surface area contributed by atoms with Crippen molar-refractivity contribution in [1.82, 2.24) is 10.0 Å². The Kier molecular flexibility index (Phi) is 3.84. The van der Waals surface area contributed by atoms with E-state index in [1.165, 1.54) is 0 Å². The second kappa shape index (κ2) is 5.00. The predicted molar refractivity (Wildman–Crippen MR) is 61.7 cm³/mol. The second-order valence-electron chi connectivity index (χ2n) is 4.52. The maximum Gasteiger partial charge on any atom is 0.211 e. The van der Waals surface area contributed by atoms with Crippen LogP contribution in [0.3, 0.4) is 0 Å². The van der Waals surface area contributed by atoms with E-state index < -0.39 is 10.0 Å². The second-order valence-corrected chi connectivity index (χ2v) is 6.57. The first-order valence-electron chi connectivity index (χ1n) is 5.94. The molecule has 0 saturated carbocycles. The summed E-state index contributed by atoms with van der Waals surface area (Å²) in [7, 11) is -3.14. The number of piperidine rings is 1. The van der Waals surface area contributed by atoms with Crippen LogP contribution in [0.1, 0.15) is 19.8 Å². The number of sulfonamides is 1. The van der Waals surface area contributed by atoms with E-state index in [0.717, 1.165) is 26.0 Å². The number of rotatable bonds is 3. The van der Waals surface area contributed by atoms with Crippen LogP contribution in [0, 0.1) is 5.92 Å². The first-order valence-corrected chi connectivity index (χ1v) is 7.60. The van der Waals surface area contributed by atoms with Gasteiger partial charge in [-0.15, -0.1) is 0 Å². The summed E-state index contributed by atoms with van der Waals surface area (Å²) >= 11 is 0. The van der Waals surface area contributed by atoms with Crippen LogP contribution in [0.15, 0.2) is 0 Å². The Labute approximate surface area is 97.0 Å². The standard InChI is InChI=1S/C10H20N2O3S/c1-2-16(13,14)12-9-7-11-6-8-4-3-5-15-10(8)9/h8-12H,2-7H2,1H3/t8-,9+,10-/m0/s1. The molecule has 0 amide bonds. The van der Waals surface area contributed by atoms with Crippen LogP contribution in [0.2, 0.25) is 0 Å². The quantitative estimate of drug-likeness (QED) is 0.719. The number of hydrogen-bond donors (Lipinski definition) is 2. The van der Waals surface area contributed by atoms with Crippen LogP contribution in [-0.2, 0) is 14.8 Å². The summed E-state index contributed by atoms with van der Waals surface area (Å²) < 4.78 is 31.5. The molecule has 2 fully saturated rings. The van der Waals surface area contributed by atoms with Crippen LogP contribution >= 0.6 is 0 Å². The van der Waals surface area contributed by atoms with Gasteiger partial charge >= 0.3 is 0 Å². The molecule has 2 N–H and O–H groups in total. The first-order chi connectivity index (χ1) is 7.62. The molecule has 94 valence electrons. The van der Waals surface area contributed by atoms with Gasteiger partial charge in [0, 0.05) is 19.7 Å². The summed E-state index contributed by atoms with van der Waals surface area (Å²) in [4.78, 5) is 0. The molecule has 3 atom stereocenters. The van der Waals surface area contributed by atoms with Crippen molar-refractivity contribution in [3.63, 3.8) is 0 Å². The van der Waals surface area contributed by atoms with E-state index >= 15 is 0 Å². The fraction of sp³-hybridized carbons (Fsp3) is 1.00. The normalized spacial score (nSPS) is 35.7. The molecule has 0 unspecified atom stereocenters. The van der Waals surface area contributed by atoms with Gasteiger partial charge in [-0.3, -0.25) is 0 Å². The molecule has 0 bridgehead atoms. The lowest BCUT2D eigenvalue weighted by atomic mass is 9.87. The molecule has 2 heterocycles. The Balaban J connectivity index is 2.02. The highest BCUT2D eigenvalue weighted by molar-refractivity contribution is 7.89. The molecule has 0 aromatic carbocycles. The third-order valence-corrected chi connectivity index (χ3v) is 4.79. The zero-order valence-corrected chi connectivity index (χ0v) is 10.4. The molecule has 6 heteroatoms. The molecule has 2 aliphatic rings. The van der Waals surface area contributed by atoms with Gasteiger partial charge in [-0.25, -0.2) is 13.1 Å². The lowest BCUT2D eigenvalue weighted by Gasteiger charge is -2.41. The summed E-state index contributed by atoms with van der Waals surface area (Å²) in [5.74, 6) is 0.577. The Morgan fingerprint density at radius 1 is 1.44 bits per heavy atom. The topological polar surface area (TPSA) is 67.4 Å². The lowest BCUT2D eigenvalue weighted by Crippen LogP contribution is -2.60. The van der Waals surface area contributed by atoms with E-state index in [1.807, 2.05) is 0 Å². The summed E-state index contributed by atoms with van der Waals surface area (Å²) in [5.41, 5.74) is 0. The molecule has 0 aromatic rings. The van der Waals surface area contributed by atoms with Gasteiger partial charge in [0.15, 0.2) is 0 Å². The third-order valence-electron chi connectivity index (χ3n) is 3.37. The number of fused-ring (bicyclic) bond motifs is 1. The fourth-order valence-corrected chi connectivity index (χ4v) is 3.34. The Bertz CT molecular complexity index is 329. The molecule has 5 nitrogen and oxygen atoms in total. The van der Waals surface area contributed by atoms with Gasteiger partial charge in [-0.05, 0) is 25.7 Å². The van der Waals surface area contributed by atoms with Gasteiger partial charge < -0.3 is 10.1 Å². The molecular weight excluding hydrogens is 228 g/mol. The Hall–Kier alpha value is -0.170. The average molecular weight is 248 g/mol. The molecule has 2 aliphatic heterocycles. The molecule has 0 aliphatic carbocycles. The minimum atomic E-state index is -3.14. The molecule has 0 aromatic heterocycles. The monoisotopic (exact) mass is 248 g/mol. The van der Waals surface area contributed by atoms with Crippen LogP contribution in [0.4, 0.5) is 0 Å². The van der Waals surface area contributed by atoms with E-state index in [4.69, 9.17) is 4.74 Å². The van der Waals surface area contributed by atoms with Crippen molar-refractivity contribution in [3.8, 4) is 0 Å². The van der Waals surface area contributed by atoms with Gasteiger partial charge in [-0.2, -0.15) is 0 Å². The van der Waals surface area contributed by atoms with E-state index in [0.29, 0.717) is 12.5 Å². The average Bonchev–Trinajstić information content (AvgIpc) is 2.29. The van der Waals surface area contributed by atoms with Crippen molar-refractivity contribution in [2.45, 2.75) is 31.9 Å².